The number of nitrogen functional groups attached to an aromatic ring is 1. The van der Waals surface area contributed by atoms with Crippen LogP contribution < -0.4 is 15.8 Å². The van der Waals surface area contributed by atoms with Crippen molar-refractivity contribution in [1.29, 1.82) is 0 Å². The number of benzene rings is 1. The van der Waals surface area contributed by atoms with Gasteiger partial charge in [0.25, 0.3) is 0 Å². The molecule has 2 aromatic rings. The first-order chi connectivity index (χ1) is 9.65. The Morgan fingerprint density at radius 2 is 2.25 bits per heavy atom. The monoisotopic (exact) mass is 278 g/mol. The normalized spacial score (nSPS) is 12.2. The highest BCUT2D eigenvalue weighted by molar-refractivity contribution is 5.69. The van der Waals surface area contributed by atoms with E-state index in [0.717, 1.165) is 12.2 Å². The Hall–Kier alpha value is -2.24. The Morgan fingerprint density at radius 1 is 1.45 bits per heavy atom. The van der Waals surface area contributed by atoms with E-state index in [0.29, 0.717) is 18.0 Å². The fraction of sp³-hybridized carbons (Fsp3) is 0.357. The van der Waals surface area contributed by atoms with E-state index in [2.05, 4.69) is 15.3 Å². The standard InChI is InChI=1S/C14H19FN4O/c1-3-11(14-17-5-6-18-14)19-12-8-13(20-4-2)9(15)7-10(12)16/h5-8,11,19H,3-4,16H2,1-2H3,(H,17,18). The molecule has 2 rings (SSSR count). The fourth-order valence-corrected chi connectivity index (χ4v) is 1.98. The van der Waals surface area contributed by atoms with Gasteiger partial charge in [-0.1, -0.05) is 6.92 Å². The maximum atomic E-state index is 13.7. The van der Waals surface area contributed by atoms with E-state index in [-0.39, 0.29) is 11.8 Å². The summed E-state index contributed by atoms with van der Waals surface area (Å²) in [6.07, 6.45) is 4.27. The van der Waals surface area contributed by atoms with Gasteiger partial charge in [0.05, 0.1) is 24.0 Å². The van der Waals surface area contributed by atoms with Gasteiger partial charge >= 0.3 is 0 Å². The lowest BCUT2D eigenvalue weighted by Crippen LogP contribution is -2.13. The quantitative estimate of drug-likeness (QED) is 0.710. The Kier molecular flexibility index (Phi) is 4.45. The molecular weight excluding hydrogens is 259 g/mol. The summed E-state index contributed by atoms with van der Waals surface area (Å²) in [5.74, 6) is 0.550. The van der Waals surface area contributed by atoms with Gasteiger partial charge in [-0.05, 0) is 13.3 Å². The zero-order chi connectivity index (χ0) is 14.5. The number of hydrogen-bond donors (Lipinski definition) is 3. The Balaban J connectivity index is 2.25. The van der Waals surface area contributed by atoms with E-state index in [1.165, 1.54) is 6.07 Å². The van der Waals surface area contributed by atoms with Crippen molar-refractivity contribution in [3.63, 3.8) is 0 Å². The first-order valence-electron chi connectivity index (χ1n) is 6.63. The molecule has 1 heterocycles. The molecule has 0 saturated heterocycles. The molecule has 0 radical (unpaired) electrons. The molecule has 20 heavy (non-hydrogen) atoms. The van der Waals surface area contributed by atoms with Crippen molar-refractivity contribution in [3.8, 4) is 5.75 Å². The lowest BCUT2D eigenvalue weighted by molar-refractivity contribution is 0.322. The molecular formula is C14H19FN4O. The minimum atomic E-state index is -0.457. The third-order valence-electron chi connectivity index (χ3n) is 2.99. The zero-order valence-electron chi connectivity index (χ0n) is 11.6. The van der Waals surface area contributed by atoms with Crippen molar-refractivity contribution in [2.75, 3.05) is 17.7 Å². The summed E-state index contributed by atoms with van der Waals surface area (Å²) in [6, 6.07) is 2.83. The maximum Gasteiger partial charge on any atom is 0.167 e. The molecule has 0 amide bonds. The Morgan fingerprint density at radius 3 is 2.85 bits per heavy atom. The fourth-order valence-electron chi connectivity index (χ4n) is 1.98. The van der Waals surface area contributed by atoms with Crippen LogP contribution in [0.15, 0.2) is 24.5 Å². The molecule has 0 aliphatic heterocycles. The van der Waals surface area contributed by atoms with Gasteiger partial charge in [-0.15, -0.1) is 0 Å². The third-order valence-corrected chi connectivity index (χ3v) is 2.99. The average Bonchev–Trinajstić information content (AvgIpc) is 2.94. The molecule has 1 atom stereocenters. The number of ether oxygens (including phenoxy) is 1. The minimum absolute atomic E-state index is 0.0211. The number of aromatic amines is 1. The number of hydrogen-bond acceptors (Lipinski definition) is 4. The Bertz CT molecular complexity index is 557. The van der Waals surface area contributed by atoms with Gasteiger partial charge in [0.15, 0.2) is 11.6 Å². The van der Waals surface area contributed by atoms with Gasteiger partial charge in [-0.25, -0.2) is 9.37 Å². The van der Waals surface area contributed by atoms with Gasteiger partial charge < -0.3 is 20.8 Å². The second kappa shape index (κ2) is 6.27. The maximum absolute atomic E-state index is 13.7. The molecule has 6 heteroatoms. The highest BCUT2D eigenvalue weighted by Gasteiger charge is 2.15. The first kappa shape index (κ1) is 14.2. The van der Waals surface area contributed by atoms with E-state index >= 15 is 0 Å². The van der Waals surface area contributed by atoms with E-state index in [1.54, 1.807) is 25.4 Å². The summed E-state index contributed by atoms with van der Waals surface area (Å²) in [7, 11) is 0. The first-order valence-corrected chi connectivity index (χ1v) is 6.63. The van der Waals surface area contributed by atoms with Crippen molar-refractivity contribution in [3.05, 3.63) is 36.2 Å². The molecule has 0 spiro atoms. The number of imidazole rings is 1. The predicted molar refractivity (Wildman–Crippen MR) is 77.2 cm³/mol. The Labute approximate surface area is 117 Å². The number of rotatable bonds is 6. The number of halogens is 1. The van der Waals surface area contributed by atoms with Crippen molar-refractivity contribution >= 4 is 11.4 Å². The number of nitrogens with one attached hydrogen (secondary N) is 2. The zero-order valence-corrected chi connectivity index (χ0v) is 11.6. The van der Waals surface area contributed by atoms with Gasteiger partial charge in [0.1, 0.15) is 5.82 Å². The van der Waals surface area contributed by atoms with E-state index in [4.69, 9.17) is 10.5 Å². The highest BCUT2D eigenvalue weighted by Crippen LogP contribution is 2.31. The van der Waals surface area contributed by atoms with Gasteiger partial charge in [0.2, 0.25) is 0 Å². The van der Waals surface area contributed by atoms with Crippen LogP contribution >= 0.6 is 0 Å². The molecule has 0 saturated carbocycles. The molecule has 4 N–H and O–H groups in total. The second-order valence-electron chi connectivity index (χ2n) is 4.38. The molecule has 0 bridgehead atoms. The summed E-state index contributed by atoms with van der Waals surface area (Å²) >= 11 is 0. The molecule has 5 nitrogen and oxygen atoms in total. The number of anilines is 2. The molecule has 0 aliphatic rings. The van der Waals surface area contributed by atoms with Gasteiger partial charge in [-0.2, -0.15) is 0 Å². The minimum Gasteiger partial charge on any atom is -0.491 e. The van der Waals surface area contributed by atoms with Crippen LogP contribution in [0.5, 0.6) is 5.75 Å². The lowest BCUT2D eigenvalue weighted by Gasteiger charge is -2.18. The second-order valence-corrected chi connectivity index (χ2v) is 4.38. The van der Waals surface area contributed by atoms with E-state index < -0.39 is 5.82 Å². The number of nitrogens with zero attached hydrogens (tertiary/aromatic N) is 1. The van der Waals surface area contributed by atoms with Gasteiger partial charge in [0, 0.05) is 24.5 Å². The summed E-state index contributed by atoms with van der Waals surface area (Å²) in [5, 5.41) is 3.26. The van der Waals surface area contributed by atoms with Gasteiger partial charge in [-0.3, -0.25) is 0 Å². The molecule has 1 aromatic heterocycles. The molecule has 108 valence electrons. The van der Waals surface area contributed by atoms with Crippen LogP contribution in [0.25, 0.3) is 0 Å². The number of aromatic nitrogens is 2. The van der Waals surface area contributed by atoms with Crippen molar-refractivity contribution in [2.24, 2.45) is 0 Å². The van der Waals surface area contributed by atoms with Crippen molar-refractivity contribution in [2.45, 2.75) is 26.3 Å². The molecule has 1 aromatic carbocycles. The van der Waals surface area contributed by atoms with Crippen molar-refractivity contribution in [1.82, 2.24) is 9.97 Å². The average molecular weight is 278 g/mol. The largest absolute Gasteiger partial charge is 0.491 e. The van der Waals surface area contributed by atoms with Crippen LogP contribution in [0.1, 0.15) is 32.1 Å². The molecule has 0 aliphatic carbocycles. The van der Waals surface area contributed by atoms with Crippen LogP contribution in [0.2, 0.25) is 0 Å². The van der Waals surface area contributed by atoms with Crippen LogP contribution in [0, 0.1) is 5.82 Å². The molecule has 1 unspecified atom stereocenters. The molecule has 0 fully saturated rings. The lowest BCUT2D eigenvalue weighted by atomic mass is 10.1. The van der Waals surface area contributed by atoms with E-state index in [1.807, 2.05) is 6.92 Å². The predicted octanol–water partition coefficient (Wildman–Crippen LogP) is 3.09. The van der Waals surface area contributed by atoms with Crippen LogP contribution in [0.4, 0.5) is 15.8 Å². The number of H-pyrrole nitrogens is 1. The topological polar surface area (TPSA) is 76.0 Å². The van der Waals surface area contributed by atoms with Crippen LogP contribution in [-0.4, -0.2) is 16.6 Å². The van der Waals surface area contributed by atoms with E-state index in [9.17, 15) is 4.39 Å². The van der Waals surface area contributed by atoms with Crippen LogP contribution in [0.3, 0.4) is 0 Å². The summed E-state index contributed by atoms with van der Waals surface area (Å²) < 4.78 is 18.9. The van der Waals surface area contributed by atoms with Crippen molar-refractivity contribution < 1.29 is 9.13 Å². The highest BCUT2D eigenvalue weighted by atomic mass is 19.1. The third kappa shape index (κ3) is 3.01. The summed E-state index contributed by atoms with van der Waals surface area (Å²) in [4.78, 5) is 7.28. The van der Waals surface area contributed by atoms with Crippen LogP contribution in [-0.2, 0) is 0 Å². The summed E-state index contributed by atoms with van der Waals surface area (Å²) in [6.45, 7) is 4.24. The SMILES string of the molecule is CCOc1cc(NC(CC)c2ncc[nH]2)c(N)cc1F. The summed E-state index contributed by atoms with van der Waals surface area (Å²) in [5.41, 5.74) is 6.83. The number of nitrogens with two attached hydrogens (primary N) is 1. The smallest absolute Gasteiger partial charge is 0.167 e.